The van der Waals surface area contributed by atoms with Gasteiger partial charge < -0.3 is 4.72 Å². The molecule has 20 heavy (non-hydrogen) atoms. The van der Waals surface area contributed by atoms with Crippen molar-refractivity contribution >= 4 is 57.3 Å². The molecule has 5 heteroatoms. The lowest BCUT2D eigenvalue weighted by Crippen LogP contribution is -2.17. The first-order chi connectivity index (χ1) is 9.72. The van der Waals surface area contributed by atoms with Gasteiger partial charge in [0.2, 0.25) is 0 Å². The van der Waals surface area contributed by atoms with Gasteiger partial charge in [-0.15, -0.1) is 0 Å². The Morgan fingerprint density at radius 2 is 2.05 bits per heavy atom. The standard InChI is InChI=1S/C15H10Cl2N2S/c16-9-3-5-12-11(7-9)10-4-1-8-2-6-13(17)18-14(8)15(10)19-20-12/h1-4,6-7,12,19H,5H2. The van der Waals surface area contributed by atoms with Crippen LogP contribution in [-0.2, 0) is 0 Å². The van der Waals surface area contributed by atoms with Crippen molar-refractivity contribution in [3.63, 3.8) is 0 Å². The number of hydrogen-bond acceptors (Lipinski definition) is 3. The van der Waals surface area contributed by atoms with E-state index in [4.69, 9.17) is 23.2 Å². The first-order valence-electron chi connectivity index (χ1n) is 6.31. The van der Waals surface area contributed by atoms with E-state index in [1.54, 1.807) is 11.9 Å². The molecule has 0 amide bonds. The molecule has 2 heterocycles. The number of halogens is 2. The third-order valence-electron chi connectivity index (χ3n) is 3.61. The maximum atomic E-state index is 6.16. The molecule has 0 radical (unpaired) electrons. The largest absolute Gasteiger partial charge is 0.327 e. The summed E-state index contributed by atoms with van der Waals surface area (Å²) in [5.41, 5.74) is 4.37. The summed E-state index contributed by atoms with van der Waals surface area (Å²) < 4.78 is 3.43. The Balaban J connectivity index is 1.99. The lowest BCUT2D eigenvalue weighted by molar-refractivity contribution is 1.07. The number of fused-ring (bicyclic) bond motifs is 5. The minimum atomic E-state index is 0.404. The Labute approximate surface area is 131 Å². The van der Waals surface area contributed by atoms with Gasteiger partial charge >= 0.3 is 0 Å². The van der Waals surface area contributed by atoms with Crippen molar-refractivity contribution in [2.45, 2.75) is 11.7 Å². The molecule has 4 rings (SSSR count). The molecule has 2 aliphatic rings. The quantitative estimate of drug-likeness (QED) is 0.530. The molecule has 1 aromatic carbocycles. The van der Waals surface area contributed by atoms with Crippen molar-refractivity contribution in [1.29, 1.82) is 0 Å². The van der Waals surface area contributed by atoms with E-state index in [0.717, 1.165) is 28.0 Å². The fourth-order valence-corrected chi connectivity index (χ4v) is 3.98. The average molecular weight is 321 g/mol. The molecule has 100 valence electrons. The van der Waals surface area contributed by atoms with Crippen LogP contribution in [0.2, 0.25) is 5.15 Å². The lowest BCUT2D eigenvalue weighted by Gasteiger charge is -2.30. The fraction of sp³-hybridized carbons (Fsp3) is 0.133. The van der Waals surface area contributed by atoms with E-state index >= 15 is 0 Å². The molecule has 1 atom stereocenters. The van der Waals surface area contributed by atoms with Gasteiger partial charge in [-0.3, -0.25) is 0 Å². The summed E-state index contributed by atoms with van der Waals surface area (Å²) in [5, 5.41) is 2.80. The van der Waals surface area contributed by atoms with Crippen molar-refractivity contribution in [3.05, 3.63) is 52.2 Å². The Bertz CT molecular complexity index is 783. The van der Waals surface area contributed by atoms with Crippen LogP contribution in [0.1, 0.15) is 12.0 Å². The number of nitrogens with one attached hydrogen (secondary N) is 1. The number of aromatic nitrogens is 1. The zero-order valence-electron chi connectivity index (χ0n) is 10.4. The van der Waals surface area contributed by atoms with Crippen LogP contribution in [0.15, 0.2) is 41.4 Å². The van der Waals surface area contributed by atoms with Crippen molar-refractivity contribution in [1.82, 2.24) is 4.98 Å². The smallest absolute Gasteiger partial charge is 0.129 e. The SMILES string of the molecule is ClC1=CCC2SNc3c(ccc4ccc(Cl)nc34)C2=C1. The van der Waals surface area contributed by atoms with Gasteiger partial charge in [-0.2, -0.15) is 0 Å². The molecule has 0 spiro atoms. The molecule has 2 nitrogen and oxygen atoms in total. The zero-order valence-corrected chi connectivity index (χ0v) is 12.7. The van der Waals surface area contributed by atoms with E-state index in [9.17, 15) is 0 Å². The molecule has 1 unspecified atom stereocenters. The van der Waals surface area contributed by atoms with Crippen molar-refractivity contribution in [3.8, 4) is 0 Å². The number of hydrogen-bond donors (Lipinski definition) is 1. The van der Waals surface area contributed by atoms with Crippen molar-refractivity contribution < 1.29 is 0 Å². The molecule has 0 bridgehead atoms. The highest BCUT2D eigenvalue weighted by Gasteiger charge is 2.27. The monoisotopic (exact) mass is 320 g/mol. The number of benzene rings is 1. The second-order valence-corrected chi connectivity index (χ2v) is 6.66. The summed E-state index contributed by atoms with van der Waals surface area (Å²) >= 11 is 13.9. The van der Waals surface area contributed by atoms with Crippen LogP contribution in [0.5, 0.6) is 0 Å². The maximum Gasteiger partial charge on any atom is 0.129 e. The number of allylic oxidation sites excluding steroid dienone is 3. The molecular weight excluding hydrogens is 311 g/mol. The minimum Gasteiger partial charge on any atom is -0.327 e. The summed E-state index contributed by atoms with van der Waals surface area (Å²) in [7, 11) is 0. The molecule has 1 aliphatic heterocycles. The average Bonchev–Trinajstić information content (AvgIpc) is 2.46. The molecule has 1 aliphatic carbocycles. The molecule has 0 saturated heterocycles. The van der Waals surface area contributed by atoms with E-state index in [1.807, 2.05) is 12.1 Å². The van der Waals surface area contributed by atoms with E-state index in [-0.39, 0.29) is 0 Å². The molecule has 0 saturated carbocycles. The molecule has 0 fully saturated rings. The normalized spacial score (nSPS) is 20.6. The number of rotatable bonds is 0. The van der Waals surface area contributed by atoms with Gasteiger partial charge in [0.25, 0.3) is 0 Å². The Morgan fingerprint density at radius 1 is 1.20 bits per heavy atom. The van der Waals surface area contributed by atoms with Gasteiger partial charge in [-0.25, -0.2) is 4.98 Å². The van der Waals surface area contributed by atoms with Gasteiger partial charge in [-0.05, 0) is 42.2 Å². The van der Waals surface area contributed by atoms with Crippen molar-refractivity contribution in [2.24, 2.45) is 0 Å². The zero-order chi connectivity index (χ0) is 13.7. The van der Waals surface area contributed by atoms with Crippen LogP contribution >= 0.6 is 35.1 Å². The second-order valence-electron chi connectivity index (χ2n) is 4.83. The lowest BCUT2D eigenvalue weighted by atomic mass is 9.94. The van der Waals surface area contributed by atoms with E-state index < -0.39 is 0 Å². The van der Waals surface area contributed by atoms with Crippen LogP contribution < -0.4 is 4.72 Å². The minimum absolute atomic E-state index is 0.404. The van der Waals surface area contributed by atoms with Crippen LogP contribution in [0.25, 0.3) is 16.5 Å². The Morgan fingerprint density at radius 3 is 2.95 bits per heavy atom. The van der Waals surface area contributed by atoms with Crippen LogP contribution in [0, 0.1) is 0 Å². The molecule has 1 aromatic heterocycles. The summed E-state index contributed by atoms with van der Waals surface area (Å²) in [6.45, 7) is 0. The van der Waals surface area contributed by atoms with Crippen LogP contribution in [-0.4, -0.2) is 10.2 Å². The summed E-state index contributed by atoms with van der Waals surface area (Å²) in [4.78, 5) is 4.46. The predicted octanol–water partition coefficient (Wildman–Crippen LogP) is 5.24. The van der Waals surface area contributed by atoms with Crippen molar-refractivity contribution in [2.75, 3.05) is 4.72 Å². The molecule has 1 N–H and O–H groups in total. The Hall–Kier alpha value is -1.16. The number of pyridine rings is 1. The molecule has 2 aromatic rings. The van der Waals surface area contributed by atoms with Gasteiger partial charge in [0.1, 0.15) is 5.15 Å². The summed E-state index contributed by atoms with van der Waals surface area (Å²) in [5.74, 6) is 0. The predicted molar refractivity (Wildman–Crippen MR) is 88.3 cm³/mol. The van der Waals surface area contributed by atoms with E-state index in [1.165, 1.54) is 11.1 Å². The van der Waals surface area contributed by atoms with Gasteiger partial charge in [-0.1, -0.05) is 41.4 Å². The number of nitrogens with zero attached hydrogens (tertiary/aromatic N) is 1. The first kappa shape index (κ1) is 12.6. The highest BCUT2D eigenvalue weighted by Crippen LogP contribution is 2.45. The summed E-state index contributed by atoms with van der Waals surface area (Å²) in [6, 6.07) is 8.02. The third kappa shape index (κ3) is 1.93. The first-order valence-corrected chi connectivity index (χ1v) is 7.94. The third-order valence-corrected chi connectivity index (χ3v) is 5.14. The number of anilines is 1. The molecular formula is C15H10Cl2N2S. The van der Waals surface area contributed by atoms with E-state index in [2.05, 4.69) is 34.0 Å². The summed E-state index contributed by atoms with van der Waals surface area (Å²) in [6.07, 6.45) is 5.06. The van der Waals surface area contributed by atoms with Gasteiger partial charge in [0.05, 0.1) is 16.5 Å². The highest BCUT2D eigenvalue weighted by atomic mass is 35.5. The van der Waals surface area contributed by atoms with E-state index in [0.29, 0.717) is 10.4 Å². The topological polar surface area (TPSA) is 24.9 Å². The van der Waals surface area contributed by atoms with Crippen LogP contribution in [0.4, 0.5) is 5.69 Å². The maximum absolute atomic E-state index is 6.16. The highest BCUT2D eigenvalue weighted by molar-refractivity contribution is 8.01. The Kier molecular flexibility index (Phi) is 2.95. The van der Waals surface area contributed by atoms with Gasteiger partial charge in [0, 0.05) is 16.0 Å². The van der Waals surface area contributed by atoms with Gasteiger partial charge in [0.15, 0.2) is 0 Å². The second kappa shape index (κ2) is 4.69. The fourth-order valence-electron chi connectivity index (χ4n) is 2.65. The van der Waals surface area contributed by atoms with Crippen LogP contribution in [0.3, 0.4) is 0 Å².